The molecule has 0 aromatic heterocycles. The minimum atomic E-state index is -0.879. The second kappa shape index (κ2) is 20.9. The summed E-state index contributed by atoms with van der Waals surface area (Å²) in [6, 6.07) is 27.6. The summed E-state index contributed by atoms with van der Waals surface area (Å²) < 4.78 is 18.0. The van der Waals surface area contributed by atoms with Crippen molar-refractivity contribution in [3.05, 3.63) is 90.5 Å². The van der Waals surface area contributed by atoms with Gasteiger partial charge in [0.1, 0.15) is 17.2 Å². The minimum absolute atomic E-state index is 0.698. The van der Waals surface area contributed by atoms with Crippen molar-refractivity contribution in [3.63, 3.8) is 0 Å². The van der Waals surface area contributed by atoms with Crippen LogP contribution in [0.4, 0.5) is 0 Å². The maximum atomic E-state index is 6.07. The summed E-state index contributed by atoms with van der Waals surface area (Å²) in [5.74, 6) is 2.12. The molecule has 40 heavy (non-hydrogen) atoms. The van der Waals surface area contributed by atoms with E-state index < -0.39 is 7.32 Å². The molecule has 0 amide bonds. The lowest BCUT2D eigenvalue weighted by Crippen LogP contribution is -2.36. The standard InChI is InChI=1S/C36H51BO3/c1-2-3-4-5-6-7-8-9-10-11-12-13-14-15-16-19-24-33-29-31-36(32-30-33)40-37(38-34-25-20-17-21-26-34)39-35-27-22-18-23-28-35/h17-18,20-23,25-32H,2-16,19,24H2,1H3. The Kier molecular flexibility index (Phi) is 16.6. The Bertz CT molecular complexity index is 936. The highest BCUT2D eigenvalue weighted by molar-refractivity contribution is 6.39. The van der Waals surface area contributed by atoms with Crippen LogP contribution in [0.2, 0.25) is 0 Å². The molecule has 0 aliphatic rings. The van der Waals surface area contributed by atoms with E-state index in [2.05, 4.69) is 19.1 Å². The molecule has 0 unspecified atom stereocenters. The number of benzene rings is 3. The van der Waals surface area contributed by atoms with Gasteiger partial charge in [0.25, 0.3) is 0 Å². The van der Waals surface area contributed by atoms with Gasteiger partial charge in [0, 0.05) is 0 Å². The predicted octanol–water partition coefficient (Wildman–Crippen LogP) is 11.0. The molecule has 0 bridgehead atoms. The van der Waals surface area contributed by atoms with Gasteiger partial charge in [0.2, 0.25) is 0 Å². The van der Waals surface area contributed by atoms with Gasteiger partial charge in [0.15, 0.2) is 0 Å². The third kappa shape index (κ3) is 14.5. The van der Waals surface area contributed by atoms with E-state index in [4.69, 9.17) is 14.0 Å². The molecule has 0 spiro atoms. The Balaban J connectivity index is 1.24. The van der Waals surface area contributed by atoms with Gasteiger partial charge in [-0.25, -0.2) is 0 Å². The van der Waals surface area contributed by atoms with Crippen LogP contribution >= 0.6 is 0 Å². The molecule has 3 aromatic carbocycles. The first-order valence-electron chi connectivity index (χ1n) is 16.0. The molecule has 0 aliphatic carbocycles. The second-order valence-corrected chi connectivity index (χ2v) is 11.0. The zero-order valence-corrected chi connectivity index (χ0v) is 24.9. The number of unbranched alkanes of at least 4 members (excludes halogenated alkanes) is 15. The van der Waals surface area contributed by atoms with E-state index in [1.54, 1.807) is 0 Å². The third-order valence-electron chi connectivity index (χ3n) is 7.43. The Morgan fingerprint density at radius 3 is 1.15 bits per heavy atom. The second-order valence-electron chi connectivity index (χ2n) is 11.0. The summed E-state index contributed by atoms with van der Waals surface area (Å²) >= 11 is 0. The van der Waals surface area contributed by atoms with E-state index >= 15 is 0 Å². The van der Waals surface area contributed by atoms with Gasteiger partial charge >= 0.3 is 7.32 Å². The van der Waals surface area contributed by atoms with Crippen LogP contribution in [0.15, 0.2) is 84.9 Å². The maximum absolute atomic E-state index is 6.07. The fraction of sp³-hybridized carbons (Fsp3) is 0.500. The van der Waals surface area contributed by atoms with Gasteiger partial charge in [-0.05, 0) is 54.8 Å². The Morgan fingerprint density at radius 2 is 0.750 bits per heavy atom. The number of hydrogen-bond acceptors (Lipinski definition) is 3. The van der Waals surface area contributed by atoms with Gasteiger partial charge < -0.3 is 14.0 Å². The molecule has 0 aliphatic heterocycles. The highest BCUT2D eigenvalue weighted by Crippen LogP contribution is 2.20. The molecule has 0 heterocycles. The number of para-hydroxylation sites is 2. The van der Waals surface area contributed by atoms with Gasteiger partial charge in [-0.3, -0.25) is 0 Å². The van der Waals surface area contributed by atoms with E-state index in [9.17, 15) is 0 Å². The van der Waals surface area contributed by atoms with E-state index in [1.807, 2.05) is 72.8 Å². The van der Waals surface area contributed by atoms with Gasteiger partial charge in [-0.2, -0.15) is 0 Å². The molecule has 3 rings (SSSR count). The topological polar surface area (TPSA) is 27.7 Å². The van der Waals surface area contributed by atoms with Crippen molar-refractivity contribution in [1.29, 1.82) is 0 Å². The number of rotatable bonds is 23. The molecular weight excluding hydrogens is 491 g/mol. The molecule has 0 radical (unpaired) electrons. The van der Waals surface area contributed by atoms with Crippen LogP contribution < -0.4 is 14.0 Å². The van der Waals surface area contributed by atoms with Crippen LogP contribution in [0, 0.1) is 0 Å². The summed E-state index contributed by atoms with van der Waals surface area (Å²) in [6.07, 6.45) is 23.5. The maximum Gasteiger partial charge on any atom is 0.864 e. The van der Waals surface area contributed by atoms with Crippen molar-refractivity contribution in [1.82, 2.24) is 0 Å². The van der Waals surface area contributed by atoms with Crippen molar-refractivity contribution in [2.45, 2.75) is 116 Å². The first-order valence-corrected chi connectivity index (χ1v) is 16.0. The molecule has 0 N–H and O–H groups in total. The van der Waals surface area contributed by atoms with Gasteiger partial charge in [0.05, 0.1) is 0 Å². The average molecular weight is 543 g/mol. The highest BCUT2D eigenvalue weighted by Gasteiger charge is 2.30. The van der Waals surface area contributed by atoms with Crippen molar-refractivity contribution in [2.75, 3.05) is 0 Å². The molecule has 0 saturated heterocycles. The molecular formula is C36H51BO3. The van der Waals surface area contributed by atoms with E-state index in [0.29, 0.717) is 11.5 Å². The SMILES string of the molecule is CCCCCCCCCCCCCCCCCCc1ccc(OB(Oc2ccccc2)Oc2ccccc2)cc1. The first kappa shape index (κ1) is 31.6. The predicted molar refractivity (Wildman–Crippen MR) is 170 cm³/mol. The molecule has 0 fully saturated rings. The summed E-state index contributed by atoms with van der Waals surface area (Å²) in [4.78, 5) is 0. The minimum Gasteiger partial charge on any atom is -0.490 e. The molecule has 216 valence electrons. The fourth-order valence-corrected chi connectivity index (χ4v) is 5.02. The normalized spacial score (nSPS) is 10.8. The van der Waals surface area contributed by atoms with Crippen LogP contribution in [0.5, 0.6) is 17.2 Å². The van der Waals surface area contributed by atoms with Crippen LogP contribution in [-0.2, 0) is 6.42 Å². The zero-order chi connectivity index (χ0) is 27.9. The number of hydrogen-bond donors (Lipinski definition) is 0. The molecule has 0 saturated carbocycles. The Labute approximate surface area is 244 Å². The largest absolute Gasteiger partial charge is 0.864 e. The van der Waals surface area contributed by atoms with Crippen molar-refractivity contribution < 1.29 is 14.0 Å². The monoisotopic (exact) mass is 542 g/mol. The van der Waals surface area contributed by atoms with Crippen molar-refractivity contribution in [3.8, 4) is 17.2 Å². The smallest absolute Gasteiger partial charge is 0.490 e. The van der Waals surface area contributed by atoms with Gasteiger partial charge in [-0.1, -0.05) is 152 Å². The Hall–Kier alpha value is -2.88. The Morgan fingerprint density at radius 1 is 0.400 bits per heavy atom. The summed E-state index contributed by atoms with van der Waals surface area (Å²) in [5.41, 5.74) is 1.35. The lowest BCUT2D eigenvalue weighted by atomic mass is 10.0. The highest BCUT2D eigenvalue weighted by atomic mass is 16.7. The van der Waals surface area contributed by atoms with Crippen molar-refractivity contribution in [2.24, 2.45) is 0 Å². The number of aryl methyl sites for hydroxylation is 1. The van der Waals surface area contributed by atoms with Gasteiger partial charge in [-0.15, -0.1) is 0 Å². The van der Waals surface area contributed by atoms with E-state index in [1.165, 1.54) is 108 Å². The third-order valence-corrected chi connectivity index (χ3v) is 7.43. The van der Waals surface area contributed by atoms with E-state index in [-0.39, 0.29) is 0 Å². The summed E-state index contributed by atoms with van der Waals surface area (Å²) in [7, 11) is -0.879. The van der Waals surface area contributed by atoms with Crippen LogP contribution in [-0.4, -0.2) is 7.32 Å². The molecule has 3 nitrogen and oxygen atoms in total. The average Bonchev–Trinajstić information content (AvgIpc) is 2.99. The van der Waals surface area contributed by atoms with Crippen LogP contribution in [0.25, 0.3) is 0 Å². The molecule has 3 aromatic rings. The molecule has 4 heteroatoms. The quantitative estimate of drug-likeness (QED) is 0.0881. The van der Waals surface area contributed by atoms with Crippen molar-refractivity contribution >= 4 is 7.32 Å². The van der Waals surface area contributed by atoms with Crippen LogP contribution in [0.1, 0.15) is 115 Å². The molecule has 0 atom stereocenters. The van der Waals surface area contributed by atoms with Crippen LogP contribution in [0.3, 0.4) is 0 Å². The lowest BCUT2D eigenvalue weighted by Gasteiger charge is -2.16. The fourth-order valence-electron chi connectivity index (χ4n) is 5.02. The summed E-state index contributed by atoms with van der Waals surface area (Å²) in [6.45, 7) is 2.29. The lowest BCUT2D eigenvalue weighted by molar-refractivity contribution is 0.307. The first-order chi connectivity index (χ1) is 19.8. The van der Waals surface area contributed by atoms with E-state index in [0.717, 1.165) is 12.2 Å². The summed E-state index contributed by atoms with van der Waals surface area (Å²) in [5, 5.41) is 0. The zero-order valence-electron chi connectivity index (χ0n) is 24.9.